The van der Waals surface area contributed by atoms with E-state index in [1.165, 1.54) is 30.5 Å². The van der Waals surface area contributed by atoms with Crippen molar-refractivity contribution < 1.29 is 0 Å². The molecule has 1 aromatic rings. The molecule has 2 nitrogen and oxygen atoms in total. The Kier molecular flexibility index (Phi) is 3.97. The summed E-state index contributed by atoms with van der Waals surface area (Å²) in [7, 11) is 4.24. The molecule has 0 heterocycles. The number of nitrogens with one attached hydrogen (secondary N) is 1. The first-order chi connectivity index (χ1) is 7.79. The molecule has 0 radical (unpaired) electrons. The lowest BCUT2D eigenvalue weighted by Gasteiger charge is -2.18. The monoisotopic (exact) mass is 218 g/mol. The molecule has 1 aliphatic carbocycles. The van der Waals surface area contributed by atoms with Crippen molar-refractivity contribution in [1.82, 2.24) is 10.2 Å². The molecule has 1 N–H and O–H groups in total. The van der Waals surface area contributed by atoms with Crippen molar-refractivity contribution in [3.8, 4) is 0 Å². The fraction of sp³-hybridized carbons (Fsp3) is 0.571. The second-order valence-electron chi connectivity index (χ2n) is 4.94. The average molecular weight is 218 g/mol. The SMILES string of the molecule is CNCc1ccccc1CN(C)CC1CC1. The summed E-state index contributed by atoms with van der Waals surface area (Å²) in [5.74, 6) is 0.974. The minimum atomic E-state index is 0.966. The van der Waals surface area contributed by atoms with Gasteiger partial charge in [0.25, 0.3) is 0 Å². The molecule has 16 heavy (non-hydrogen) atoms. The van der Waals surface area contributed by atoms with Gasteiger partial charge < -0.3 is 10.2 Å². The lowest BCUT2D eigenvalue weighted by molar-refractivity contribution is 0.312. The van der Waals surface area contributed by atoms with E-state index in [4.69, 9.17) is 0 Å². The predicted molar refractivity (Wildman–Crippen MR) is 68.3 cm³/mol. The first-order valence-corrected chi connectivity index (χ1v) is 6.19. The van der Waals surface area contributed by atoms with Gasteiger partial charge >= 0.3 is 0 Å². The number of hydrogen-bond acceptors (Lipinski definition) is 2. The third-order valence-electron chi connectivity index (χ3n) is 3.19. The van der Waals surface area contributed by atoms with E-state index in [1.54, 1.807) is 0 Å². The zero-order chi connectivity index (χ0) is 11.4. The Morgan fingerprint density at radius 3 is 2.56 bits per heavy atom. The van der Waals surface area contributed by atoms with E-state index in [9.17, 15) is 0 Å². The normalized spacial score (nSPS) is 15.7. The molecule has 0 bridgehead atoms. The van der Waals surface area contributed by atoms with Gasteiger partial charge in [-0.05, 0) is 44.0 Å². The van der Waals surface area contributed by atoms with Crippen LogP contribution in [0.4, 0.5) is 0 Å². The smallest absolute Gasteiger partial charge is 0.0234 e. The van der Waals surface area contributed by atoms with Crippen LogP contribution in [0, 0.1) is 5.92 Å². The van der Waals surface area contributed by atoms with Gasteiger partial charge in [-0.25, -0.2) is 0 Å². The molecule has 0 amide bonds. The summed E-state index contributed by atoms with van der Waals surface area (Å²) in [6.45, 7) is 3.30. The van der Waals surface area contributed by atoms with Crippen molar-refractivity contribution in [2.45, 2.75) is 25.9 Å². The van der Waals surface area contributed by atoms with E-state index in [-0.39, 0.29) is 0 Å². The summed E-state index contributed by atoms with van der Waals surface area (Å²) in [6, 6.07) is 8.73. The summed E-state index contributed by atoms with van der Waals surface area (Å²) < 4.78 is 0. The van der Waals surface area contributed by atoms with E-state index in [2.05, 4.69) is 41.5 Å². The van der Waals surface area contributed by atoms with Gasteiger partial charge in [0.15, 0.2) is 0 Å². The van der Waals surface area contributed by atoms with Gasteiger partial charge in [-0.15, -0.1) is 0 Å². The van der Waals surface area contributed by atoms with E-state index >= 15 is 0 Å². The van der Waals surface area contributed by atoms with Crippen LogP contribution in [-0.4, -0.2) is 25.5 Å². The molecule has 1 fully saturated rings. The number of hydrogen-bond donors (Lipinski definition) is 1. The molecule has 1 aliphatic rings. The van der Waals surface area contributed by atoms with Gasteiger partial charge in [-0.1, -0.05) is 24.3 Å². The highest BCUT2D eigenvalue weighted by molar-refractivity contribution is 5.26. The Hall–Kier alpha value is -0.860. The predicted octanol–water partition coefficient (Wildman–Crippen LogP) is 2.25. The molecular formula is C14H22N2. The maximum absolute atomic E-state index is 3.23. The highest BCUT2D eigenvalue weighted by Gasteiger charge is 2.22. The number of nitrogens with zero attached hydrogens (tertiary/aromatic N) is 1. The average Bonchev–Trinajstić information content (AvgIpc) is 3.05. The standard InChI is InChI=1S/C14H22N2/c1-15-9-13-5-3-4-6-14(13)11-16(2)10-12-7-8-12/h3-6,12,15H,7-11H2,1-2H3. The van der Waals surface area contributed by atoms with Crippen molar-refractivity contribution in [3.05, 3.63) is 35.4 Å². The first kappa shape index (κ1) is 11.6. The Balaban J connectivity index is 1.95. The fourth-order valence-corrected chi connectivity index (χ4v) is 2.17. The summed E-state index contributed by atoms with van der Waals surface area (Å²) >= 11 is 0. The first-order valence-electron chi connectivity index (χ1n) is 6.19. The van der Waals surface area contributed by atoms with Gasteiger partial charge in [-0.2, -0.15) is 0 Å². The minimum Gasteiger partial charge on any atom is -0.316 e. The quantitative estimate of drug-likeness (QED) is 0.788. The van der Waals surface area contributed by atoms with Crippen LogP contribution < -0.4 is 5.32 Å². The molecule has 0 aliphatic heterocycles. The van der Waals surface area contributed by atoms with Crippen LogP contribution in [0.3, 0.4) is 0 Å². The summed E-state index contributed by atoms with van der Waals surface area (Å²) in [4.78, 5) is 2.45. The number of rotatable bonds is 6. The fourth-order valence-electron chi connectivity index (χ4n) is 2.17. The highest BCUT2D eigenvalue weighted by Crippen LogP contribution is 2.29. The summed E-state index contributed by atoms with van der Waals surface area (Å²) in [5.41, 5.74) is 2.88. The topological polar surface area (TPSA) is 15.3 Å². The second-order valence-corrected chi connectivity index (χ2v) is 4.94. The van der Waals surface area contributed by atoms with Crippen molar-refractivity contribution >= 4 is 0 Å². The largest absolute Gasteiger partial charge is 0.316 e. The van der Waals surface area contributed by atoms with Gasteiger partial charge in [0.1, 0.15) is 0 Å². The minimum absolute atomic E-state index is 0.966. The van der Waals surface area contributed by atoms with Crippen LogP contribution in [-0.2, 0) is 13.1 Å². The van der Waals surface area contributed by atoms with Gasteiger partial charge in [0, 0.05) is 19.6 Å². The van der Waals surface area contributed by atoms with Crippen LogP contribution >= 0.6 is 0 Å². The molecule has 0 unspecified atom stereocenters. The van der Waals surface area contributed by atoms with E-state index in [1.807, 2.05) is 7.05 Å². The summed E-state index contributed by atoms with van der Waals surface area (Å²) in [6.07, 6.45) is 2.87. The maximum Gasteiger partial charge on any atom is 0.0234 e. The van der Waals surface area contributed by atoms with E-state index < -0.39 is 0 Å². The van der Waals surface area contributed by atoms with Crippen molar-refractivity contribution in [3.63, 3.8) is 0 Å². The van der Waals surface area contributed by atoms with Gasteiger partial charge in [0.05, 0.1) is 0 Å². The van der Waals surface area contributed by atoms with E-state index in [0.29, 0.717) is 0 Å². The van der Waals surface area contributed by atoms with Crippen LogP contribution in [0.1, 0.15) is 24.0 Å². The van der Waals surface area contributed by atoms with E-state index in [0.717, 1.165) is 19.0 Å². The Labute approximate surface area is 98.7 Å². The van der Waals surface area contributed by atoms with Gasteiger partial charge in [-0.3, -0.25) is 0 Å². The maximum atomic E-state index is 3.23. The van der Waals surface area contributed by atoms with Crippen molar-refractivity contribution in [1.29, 1.82) is 0 Å². The molecular weight excluding hydrogens is 196 g/mol. The molecule has 0 aromatic heterocycles. The Morgan fingerprint density at radius 1 is 1.25 bits per heavy atom. The number of benzene rings is 1. The third-order valence-corrected chi connectivity index (χ3v) is 3.19. The molecule has 1 aromatic carbocycles. The molecule has 0 spiro atoms. The lowest BCUT2D eigenvalue weighted by atomic mass is 10.1. The van der Waals surface area contributed by atoms with Crippen molar-refractivity contribution in [2.24, 2.45) is 5.92 Å². The van der Waals surface area contributed by atoms with Crippen molar-refractivity contribution in [2.75, 3.05) is 20.6 Å². The second kappa shape index (κ2) is 5.46. The third kappa shape index (κ3) is 3.32. The molecule has 2 heteroatoms. The Bertz CT molecular complexity index is 331. The highest BCUT2D eigenvalue weighted by atomic mass is 15.1. The lowest BCUT2D eigenvalue weighted by Crippen LogP contribution is -2.21. The van der Waals surface area contributed by atoms with Crippen LogP contribution in [0.25, 0.3) is 0 Å². The molecule has 0 atom stereocenters. The van der Waals surface area contributed by atoms with Crippen LogP contribution in [0.15, 0.2) is 24.3 Å². The molecule has 88 valence electrons. The van der Waals surface area contributed by atoms with Crippen LogP contribution in [0.2, 0.25) is 0 Å². The zero-order valence-electron chi connectivity index (χ0n) is 10.4. The Morgan fingerprint density at radius 2 is 1.94 bits per heavy atom. The summed E-state index contributed by atoms with van der Waals surface area (Å²) in [5, 5.41) is 3.23. The molecule has 0 saturated heterocycles. The molecule has 1 saturated carbocycles. The zero-order valence-corrected chi connectivity index (χ0v) is 10.4. The van der Waals surface area contributed by atoms with Gasteiger partial charge in [0.2, 0.25) is 0 Å². The van der Waals surface area contributed by atoms with Crippen LogP contribution in [0.5, 0.6) is 0 Å². The molecule has 2 rings (SSSR count).